The Bertz CT molecular complexity index is 2960. The number of nitrogens with one attached hydrogen (secondary N) is 1. The first-order valence-electron chi connectivity index (χ1n) is 22.2. The summed E-state index contributed by atoms with van der Waals surface area (Å²) < 4.78 is 6.50. The zero-order valence-corrected chi connectivity index (χ0v) is 39.7. The van der Waals surface area contributed by atoms with Crippen LogP contribution in [0.15, 0.2) is 68.1 Å². The Morgan fingerprint density at radius 3 is 2.38 bits per heavy atom. The van der Waals surface area contributed by atoms with Gasteiger partial charge in [-0.3, -0.25) is 28.6 Å². The van der Waals surface area contributed by atoms with Gasteiger partial charge >= 0.3 is 5.69 Å². The van der Waals surface area contributed by atoms with Gasteiger partial charge in [0.25, 0.3) is 11.1 Å². The topological polar surface area (TPSA) is 150 Å². The average Bonchev–Trinajstić information content (AvgIpc) is 4.03. The van der Waals surface area contributed by atoms with Crippen LogP contribution in [0.4, 0.5) is 0 Å². The molecule has 1 aliphatic rings. The van der Waals surface area contributed by atoms with Crippen LogP contribution in [0.5, 0.6) is 0 Å². The molecule has 1 saturated carbocycles. The van der Waals surface area contributed by atoms with E-state index in [9.17, 15) is 24.3 Å². The Kier molecular flexibility index (Phi) is 14.1. The number of aliphatic hydroxyl groups excluding tert-OH is 1. The van der Waals surface area contributed by atoms with Crippen LogP contribution in [-0.4, -0.2) is 56.9 Å². The molecule has 2 atom stereocenters. The first kappa shape index (κ1) is 46.0. The average molecular weight is 892 g/mol. The number of aliphatic hydroxyl groups is 1. The molecule has 63 heavy (non-hydrogen) atoms. The molecule has 7 aromatic rings. The summed E-state index contributed by atoms with van der Waals surface area (Å²) in [6.45, 7) is 15.8. The van der Waals surface area contributed by atoms with Gasteiger partial charge in [-0.1, -0.05) is 77.1 Å². The molecular weight excluding hydrogens is 831 g/mol. The predicted octanol–water partition coefficient (Wildman–Crippen LogP) is 8.58. The van der Waals surface area contributed by atoms with E-state index in [1.54, 1.807) is 23.4 Å². The Labute approximate surface area is 376 Å². The molecule has 2 N–H and O–H groups in total. The zero-order valence-electron chi connectivity index (χ0n) is 38.1. The third kappa shape index (κ3) is 9.44. The molecule has 5 aromatic heterocycles. The van der Waals surface area contributed by atoms with Gasteiger partial charge < -0.3 is 9.67 Å². The van der Waals surface area contributed by atoms with E-state index in [0.717, 1.165) is 79.3 Å². The van der Waals surface area contributed by atoms with E-state index in [0.29, 0.717) is 53.5 Å². The number of hydrogen-bond acceptors (Lipinski definition) is 9. The molecule has 0 bridgehead atoms. The third-order valence-corrected chi connectivity index (χ3v) is 14.6. The number of H-pyrrole nitrogens is 1. The Hall–Kier alpha value is -5.05. The van der Waals surface area contributed by atoms with Crippen molar-refractivity contribution in [1.29, 1.82) is 0 Å². The molecule has 0 spiro atoms. The highest BCUT2D eigenvalue weighted by molar-refractivity contribution is 7.99. The summed E-state index contributed by atoms with van der Waals surface area (Å²) in [5, 5.41) is 26.7. The fourth-order valence-electron chi connectivity index (χ4n) is 8.99. The molecule has 2 aromatic carbocycles. The van der Waals surface area contributed by atoms with Crippen LogP contribution in [0.2, 0.25) is 0 Å². The minimum absolute atomic E-state index is 0.0567. The van der Waals surface area contributed by atoms with E-state index in [1.165, 1.54) is 39.4 Å². The number of aromatic nitrogens is 7. The van der Waals surface area contributed by atoms with Crippen LogP contribution >= 0.6 is 23.1 Å². The van der Waals surface area contributed by atoms with Gasteiger partial charge in [0, 0.05) is 85.2 Å². The maximum atomic E-state index is 13.8. The SMILES string of the molecule is CC(C)Cc1nn(C)c(=O)c2c(SCCCO)n(Cc3cccc4ccccc34)cc12.Cc1n[nH]c(C)c1Cc1sc2c(c1C(=O)C1CC[C@@H](C)C1)c(=O)n(C)c(=O)n2CC(C)C. The number of benzene rings is 2. The predicted molar refractivity (Wildman–Crippen MR) is 257 cm³/mol. The number of aryl methyl sites for hydroxylation is 3. The van der Waals surface area contributed by atoms with Gasteiger partial charge in [-0.15, -0.1) is 23.1 Å². The molecule has 0 aliphatic heterocycles. The summed E-state index contributed by atoms with van der Waals surface area (Å²) in [4.78, 5) is 54.7. The van der Waals surface area contributed by atoms with Gasteiger partial charge in [-0.2, -0.15) is 10.2 Å². The molecule has 0 saturated heterocycles. The third-order valence-electron chi connectivity index (χ3n) is 12.2. The number of nitrogens with zero attached hydrogens (tertiary/aromatic N) is 6. The maximum Gasteiger partial charge on any atom is 0.331 e. The minimum Gasteiger partial charge on any atom is -0.396 e. The number of ketones is 1. The summed E-state index contributed by atoms with van der Waals surface area (Å²) in [7, 11) is 3.24. The summed E-state index contributed by atoms with van der Waals surface area (Å²) in [6, 6.07) is 14.8. The lowest BCUT2D eigenvalue weighted by atomic mass is 9.92. The van der Waals surface area contributed by atoms with Crippen molar-refractivity contribution in [3.63, 3.8) is 0 Å². The number of carbonyl (C=O) groups is 1. The van der Waals surface area contributed by atoms with Crippen LogP contribution in [-0.2, 0) is 40.0 Å². The Balaban J connectivity index is 0.000000189. The quantitative estimate of drug-likeness (QED) is 0.0627. The lowest BCUT2D eigenvalue weighted by Gasteiger charge is -2.13. The summed E-state index contributed by atoms with van der Waals surface area (Å²) in [5.41, 5.74) is 4.84. The second-order valence-electron chi connectivity index (χ2n) is 18.2. The first-order chi connectivity index (χ1) is 30.1. The maximum absolute atomic E-state index is 13.8. The normalized spacial score (nSPS) is 15.4. The van der Waals surface area contributed by atoms with Crippen molar-refractivity contribution in [2.75, 3.05) is 12.4 Å². The zero-order chi connectivity index (χ0) is 45.3. The van der Waals surface area contributed by atoms with E-state index in [-0.39, 0.29) is 41.0 Å². The summed E-state index contributed by atoms with van der Waals surface area (Å²) in [5.74, 6) is 1.94. The smallest absolute Gasteiger partial charge is 0.331 e. The molecule has 1 aliphatic carbocycles. The van der Waals surface area contributed by atoms with Crippen molar-refractivity contribution in [3.8, 4) is 0 Å². The van der Waals surface area contributed by atoms with Crippen molar-refractivity contribution < 1.29 is 9.90 Å². The molecule has 0 radical (unpaired) electrons. The fraction of sp³-hybridized carbons (Fsp3) is 0.469. The van der Waals surface area contributed by atoms with Gasteiger partial charge in [0.2, 0.25) is 0 Å². The minimum atomic E-state index is -0.373. The van der Waals surface area contributed by atoms with E-state index >= 15 is 0 Å². The van der Waals surface area contributed by atoms with Gasteiger partial charge in [-0.25, -0.2) is 9.48 Å². The Morgan fingerprint density at radius 2 is 1.71 bits per heavy atom. The lowest BCUT2D eigenvalue weighted by molar-refractivity contribution is 0.0921. The van der Waals surface area contributed by atoms with Gasteiger partial charge in [0.05, 0.1) is 27.2 Å². The number of aromatic amines is 1. The van der Waals surface area contributed by atoms with Crippen molar-refractivity contribution in [2.24, 2.45) is 37.8 Å². The van der Waals surface area contributed by atoms with Gasteiger partial charge in [-0.05, 0) is 80.0 Å². The van der Waals surface area contributed by atoms with Crippen molar-refractivity contribution in [3.05, 3.63) is 119 Å². The number of Topliss-reactive ketones (excluding diaryl/α,β-unsaturated/α-hetero) is 1. The first-order valence-corrected chi connectivity index (χ1v) is 24.0. The number of thioether (sulfide) groups is 1. The van der Waals surface area contributed by atoms with Gasteiger partial charge in [0.15, 0.2) is 5.78 Å². The van der Waals surface area contributed by atoms with Crippen molar-refractivity contribution in [2.45, 2.75) is 105 Å². The van der Waals surface area contributed by atoms with Crippen molar-refractivity contribution >= 4 is 60.6 Å². The lowest BCUT2D eigenvalue weighted by Crippen LogP contribution is -2.38. The number of fused-ring (bicyclic) bond motifs is 3. The highest BCUT2D eigenvalue weighted by Gasteiger charge is 2.34. The van der Waals surface area contributed by atoms with E-state index in [4.69, 9.17) is 0 Å². The number of hydrogen-bond donors (Lipinski definition) is 2. The summed E-state index contributed by atoms with van der Waals surface area (Å²) in [6.07, 6.45) is 6.88. The molecule has 5 heterocycles. The van der Waals surface area contributed by atoms with Crippen LogP contribution in [0.3, 0.4) is 0 Å². The molecule has 8 rings (SSSR count). The number of rotatable bonds is 14. The molecule has 0 amide bonds. The molecule has 12 nitrogen and oxygen atoms in total. The number of carbonyl (C=O) groups excluding carboxylic acids is 1. The standard InChI is InChI=1S/C25H29N3O2S.C24H32N4O3S/c1-17(2)14-22-21-16-28(15-19-10-6-9-18-8-4-5-11-20(18)19)25(31-13-7-12-29)23(21)24(30)27(3)26-22;1-12(2)11-28-23-20(22(30)27(6)24(28)31)19(21(29)16-8-7-13(3)9-16)18(32-23)10-17-14(4)25-26-15(17)5/h4-6,8-11,16-17,29H,7,12-15H2,1-3H3;12-13,16H,7-11H2,1-6H3,(H,25,26)/t;13-,16?/m.1/s1. The Morgan fingerprint density at radius 1 is 0.968 bits per heavy atom. The monoisotopic (exact) mass is 891 g/mol. The molecule has 14 heteroatoms. The van der Waals surface area contributed by atoms with E-state index < -0.39 is 0 Å². The van der Waals surface area contributed by atoms with E-state index in [1.807, 2.05) is 27.7 Å². The molecule has 1 unspecified atom stereocenters. The highest BCUT2D eigenvalue weighted by atomic mass is 32.2. The van der Waals surface area contributed by atoms with Crippen LogP contribution in [0.1, 0.15) is 104 Å². The van der Waals surface area contributed by atoms with Crippen LogP contribution in [0, 0.1) is 37.5 Å². The highest BCUT2D eigenvalue weighted by Crippen LogP contribution is 2.39. The van der Waals surface area contributed by atoms with E-state index in [2.05, 4.69) is 89.3 Å². The van der Waals surface area contributed by atoms with Crippen LogP contribution in [0.25, 0.3) is 31.8 Å². The largest absolute Gasteiger partial charge is 0.396 e. The molecular formula is C49H61N7O5S2. The molecule has 334 valence electrons. The summed E-state index contributed by atoms with van der Waals surface area (Å²) >= 11 is 3.06. The van der Waals surface area contributed by atoms with Crippen molar-refractivity contribution in [1.82, 2.24) is 33.7 Å². The molecule has 1 fully saturated rings. The number of thiophene rings is 1. The fourth-order valence-corrected chi connectivity index (χ4v) is 11.4. The second-order valence-corrected chi connectivity index (χ2v) is 20.4. The second kappa shape index (κ2) is 19.4. The van der Waals surface area contributed by atoms with Gasteiger partial charge in [0.1, 0.15) is 4.83 Å². The van der Waals surface area contributed by atoms with Crippen LogP contribution < -0.4 is 16.8 Å².